The Morgan fingerprint density at radius 2 is 0.548 bits per heavy atom. The molecule has 0 aliphatic heterocycles. The Morgan fingerprint density at radius 3 is 0.786 bits per heavy atom. The summed E-state index contributed by atoms with van der Waals surface area (Å²) >= 11 is 0. The fourth-order valence-corrected chi connectivity index (χ4v) is 2.92. The number of hydrogen-bond donors (Lipinski definition) is 0. The molecule has 0 spiro atoms. The van der Waals surface area contributed by atoms with E-state index in [0.29, 0.717) is 132 Å². The zero-order valence-corrected chi connectivity index (χ0v) is 25.7. The number of unbranched alkanes of at least 4 members (excludes halogenated alkanes) is 1. The van der Waals surface area contributed by atoms with Crippen molar-refractivity contribution in [1.29, 1.82) is 0 Å². The Bertz CT molecular complexity index is 519. The Labute approximate surface area is 250 Å². The van der Waals surface area contributed by atoms with Gasteiger partial charge in [0.15, 0.2) is 0 Å². The van der Waals surface area contributed by atoms with E-state index in [1.807, 2.05) is 0 Å². The molecule has 0 radical (unpaired) electrons. The fraction of sp³-hybridized carbons (Fsp3) is 0.929. The average Bonchev–Trinajstić information content (AvgIpc) is 2.99. The third kappa shape index (κ3) is 34.7. The molecule has 0 atom stereocenters. The van der Waals surface area contributed by atoms with E-state index < -0.39 is 0 Å². The van der Waals surface area contributed by atoms with Crippen LogP contribution in [0.15, 0.2) is 0 Å². The van der Waals surface area contributed by atoms with Crippen LogP contribution < -0.4 is 0 Å². The van der Waals surface area contributed by atoms with Gasteiger partial charge < -0.3 is 56.8 Å². The summed E-state index contributed by atoms with van der Waals surface area (Å²) in [5.74, 6) is -0.638. The molecule has 0 bridgehead atoms. The highest BCUT2D eigenvalue weighted by Crippen LogP contribution is 2.03. The van der Waals surface area contributed by atoms with Gasteiger partial charge in [0.1, 0.15) is 13.2 Å². The minimum absolute atomic E-state index is 0.178. The molecule has 0 aromatic carbocycles. The van der Waals surface area contributed by atoms with Crippen molar-refractivity contribution in [3.05, 3.63) is 0 Å². The quantitative estimate of drug-likeness (QED) is 0.0741. The topological polar surface area (TPSA) is 145 Å². The molecule has 42 heavy (non-hydrogen) atoms. The van der Waals surface area contributed by atoms with Gasteiger partial charge in [-0.15, -0.1) is 0 Å². The lowest BCUT2D eigenvalue weighted by atomic mass is 10.2. The molecule has 0 saturated carbocycles. The van der Waals surface area contributed by atoms with Gasteiger partial charge in [0.05, 0.1) is 119 Å². The van der Waals surface area contributed by atoms with Gasteiger partial charge in [0, 0.05) is 27.1 Å². The van der Waals surface area contributed by atoms with Crippen molar-refractivity contribution >= 4 is 11.9 Å². The normalized spacial score (nSPS) is 11.2. The lowest BCUT2D eigenvalue weighted by Gasteiger charge is -2.08. The fourth-order valence-electron chi connectivity index (χ4n) is 2.92. The highest BCUT2D eigenvalue weighted by Gasteiger charge is 2.06. The molecule has 0 rings (SSSR count). The van der Waals surface area contributed by atoms with Gasteiger partial charge in [-0.1, -0.05) is 0 Å². The standard InChI is InChI=1S/C28H54O14/c1-31-7-9-33-11-13-35-15-17-37-19-21-39-23-25-41-27(29)5-3-4-6-28(30)42-26-24-40-22-20-38-18-16-36-14-12-34-10-8-32-2/h3-26H2,1-2H3. The first kappa shape index (κ1) is 40.5. The van der Waals surface area contributed by atoms with Gasteiger partial charge in [-0.2, -0.15) is 0 Å². The summed E-state index contributed by atoms with van der Waals surface area (Å²) in [4.78, 5) is 23.5. The molecular formula is C28H54O14. The molecule has 0 N–H and O–H groups in total. The molecule has 0 aromatic heterocycles. The minimum Gasteiger partial charge on any atom is -0.463 e. The van der Waals surface area contributed by atoms with Crippen LogP contribution >= 0.6 is 0 Å². The van der Waals surface area contributed by atoms with Crippen molar-refractivity contribution in [1.82, 2.24) is 0 Å². The van der Waals surface area contributed by atoms with Crippen LogP contribution in [0.5, 0.6) is 0 Å². The number of rotatable bonds is 35. The first-order valence-electron chi connectivity index (χ1n) is 14.6. The number of ether oxygens (including phenoxy) is 12. The maximum absolute atomic E-state index is 11.8. The van der Waals surface area contributed by atoms with Crippen molar-refractivity contribution < 1.29 is 66.4 Å². The van der Waals surface area contributed by atoms with E-state index >= 15 is 0 Å². The Kier molecular flexibility index (Phi) is 34.5. The maximum atomic E-state index is 11.8. The zero-order valence-electron chi connectivity index (χ0n) is 25.7. The molecule has 250 valence electrons. The second kappa shape index (κ2) is 35.7. The van der Waals surface area contributed by atoms with E-state index in [1.54, 1.807) is 14.2 Å². The Hall–Kier alpha value is -1.46. The van der Waals surface area contributed by atoms with Gasteiger partial charge in [0.25, 0.3) is 0 Å². The predicted octanol–water partition coefficient (Wildman–Crippen LogP) is 1.06. The summed E-state index contributed by atoms with van der Waals surface area (Å²) in [6.45, 7) is 8.86. The van der Waals surface area contributed by atoms with Crippen LogP contribution in [-0.4, -0.2) is 158 Å². The van der Waals surface area contributed by atoms with E-state index in [1.165, 1.54) is 0 Å². The van der Waals surface area contributed by atoms with Crippen LogP contribution in [0.2, 0.25) is 0 Å². The summed E-state index contributed by atoms with van der Waals surface area (Å²) in [5, 5.41) is 0. The monoisotopic (exact) mass is 614 g/mol. The molecule has 0 amide bonds. The molecule has 14 nitrogen and oxygen atoms in total. The van der Waals surface area contributed by atoms with E-state index in [4.69, 9.17) is 56.8 Å². The van der Waals surface area contributed by atoms with Crippen LogP contribution in [0, 0.1) is 0 Å². The van der Waals surface area contributed by atoms with Crippen LogP contribution in [-0.2, 0) is 66.4 Å². The van der Waals surface area contributed by atoms with Gasteiger partial charge in [-0.25, -0.2) is 0 Å². The van der Waals surface area contributed by atoms with Gasteiger partial charge in [-0.05, 0) is 12.8 Å². The summed E-state index contributed by atoms with van der Waals surface area (Å²) in [6, 6.07) is 0. The first-order chi connectivity index (χ1) is 20.7. The SMILES string of the molecule is COCCOCCOCCOCCOCCOC(=O)CCCCC(=O)OCCOCCOCCOCCOCCOC. The highest BCUT2D eigenvalue weighted by atomic mass is 16.6. The highest BCUT2D eigenvalue weighted by molar-refractivity contribution is 5.70. The van der Waals surface area contributed by atoms with Gasteiger partial charge >= 0.3 is 11.9 Å². The lowest BCUT2D eigenvalue weighted by Crippen LogP contribution is -2.15. The molecule has 0 saturated heterocycles. The number of esters is 2. The Balaban J connectivity index is 3.26. The molecule has 0 aromatic rings. The average molecular weight is 615 g/mol. The number of hydrogen-bond acceptors (Lipinski definition) is 14. The molecule has 0 heterocycles. The number of methoxy groups -OCH3 is 2. The number of carbonyl (C=O) groups excluding carboxylic acids is 2. The zero-order chi connectivity index (χ0) is 30.6. The van der Waals surface area contributed by atoms with Crippen LogP contribution in [0.1, 0.15) is 25.7 Å². The largest absolute Gasteiger partial charge is 0.463 e. The summed E-state index contributed by atoms with van der Waals surface area (Å²) in [5.41, 5.74) is 0. The summed E-state index contributed by atoms with van der Waals surface area (Å²) in [7, 11) is 3.26. The molecule has 0 aliphatic carbocycles. The minimum atomic E-state index is -0.319. The first-order valence-corrected chi connectivity index (χ1v) is 14.6. The number of carbonyl (C=O) groups is 2. The second-order valence-corrected chi connectivity index (χ2v) is 8.53. The third-order valence-corrected chi connectivity index (χ3v) is 5.09. The molecule has 0 aliphatic rings. The van der Waals surface area contributed by atoms with Crippen molar-refractivity contribution in [2.45, 2.75) is 25.7 Å². The van der Waals surface area contributed by atoms with Crippen molar-refractivity contribution in [2.24, 2.45) is 0 Å². The Morgan fingerprint density at radius 1 is 0.333 bits per heavy atom. The maximum Gasteiger partial charge on any atom is 0.305 e. The predicted molar refractivity (Wildman–Crippen MR) is 151 cm³/mol. The molecular weight excluding hydrogens is 560 g/mol. The van der Waals surface area contributed by atoms with Crippen LogP contribution in [0.25, 0.3) is 0 Å². The summed E-state index contributed by atoms with van der Waals surface area (Å²) in [6.07, 6.45) is 1.57. The van der Waals surface area contributed by atoms with E-state index in [9.17, 15) is 9.59 Å². The smallest absolute Gasteiger partial charge is 0.305 e. The third-order valence-electron chi connectivity index (χ3n) is 5.09. The van der Waals surface area contributed by atoms with Crippen LogP contribution in [0.3, 0.4) is 0 Å². The van der Waals surface area contributed by atoms with Gasteiger partial charge in [-0.3, -0.25) is 9.59 Å². The van der Waals surface area contributed by atoms with Crippen molar-refractivity contribution in [2.75, 3.05) is 146 Å². The van der Waals surface area contributed by atoms with Crippen molar-refractivity contribution in [3.8, 4) is 0 Å². The van der Waals surface area contributed by atoms with Crippen LogP contribution in [0.4, 0.5) is 0 Å². The van der Waals surface area contributed by atoms with E-state index in [-0.39, 0.29) is 38.0 Å². The van der Waals surface area contributed by atoms with E-state index in [0.717, 1.165) is 0 Å². The lowest BCUT2D eigenvalue weighted by molar-refractivity contribution is -0.147. The molecule has 0 fully saturated rings. The molecule has 0 unspecified atom stereocenters. The molecule has 14 heteroatoms. The van der Waals surface area contributed by atoms with Gasteiger partial charge in [0.2, 0.25) is 0 Å². The van der Waals surface area contributed by atoms with E-state index in [2.05, 4.69) is 0 Å². The second-order valence-electron chi connectivity index (χ2n) is 8.53. The summed E-state index contributed by atoms with van der Waals surface area (Å²) < 4.78 is 62.8. The van der Waals surface area contributed by atoms with Crippen molar-refractivity contribution in [3.63, 3.8) is 0 Å².